The molecule has 0 heterocycles. The average molecular weight is 303 g/mol. The van der Waals surface area contributed by atoms with Crippen molar-refractivity contribution in [3.05, 3.63) is 59.1 Å². The van der Waals surface area contributed by atoms with Crippen molar-refractivity contribution >= 4 is 11.6 Å². The van der Waals surface area contributed by atoms with Crippen LogP contribution in [0.1, 0.15) is 5.56 Å². The molecule has 0 aliphatic rings. The molecule has 0 aromatic heterocycles. The van der Waals surface area contributed by atoms with Crippen LogP contribution in [0, 0.1) is 0 Å². The molecule has 20 heavy (non-hydrogen) atoms. The lowest BCUT2D eigenvalue weighted by molar-refractivity contribution is -0.274. The van der Waals surface area contributed by atoms with Crippen LogP contribution >= 0.6 is 11.6 Å². The standard InChI is InChI=1S/C14H10ClF3O2/c15-11-6-12(8-13(7-11)20-14(16,17)18)19-9-10-4-2-1-3-5-10/h1-8H,9H2. The fourth-order valence-electron chi connectivity index (χ4n) is 1.55. The SMILES string of the molecule is FC(F)(F)Oc1cc(Cl)cc(OCc2ccccc2)c1. The molecule has 0 fully saturated rings. The van der Waals surface area contributed by atoms with Crippen molar-refractivity contribution in [1.29, 1.82) is 0 Å². The third-order valence-corrected chi connectivity index (χ3v) is 2.54. The van der Waals surface area contributed by atoms with Crippen LogP contribution in [0.25, 0.3) is 0 Å². The second kappa shape index (κ2) is 6.05. The van der Waals surface area contributed by atoms with Crippen LogP contribution in [-0.4, -0.2) is 6.36 Å². The zero-order valence-electron chi connectivity index (χ0n) is 10.2. The first-order chi connectivity index (χ1) is 9.42. The second-order valence-corrected chi connectivity index (χ2v) is 4.38. The van der Waals surface area contributed by atoms with Crippen LogP contribution in [0.3, 0.4) is 0 Å². The predicted octanol–water partition coefficient (Wildman–Crippen LogP) is 4.82. The summed E-state index contributed by atoms with van der Waals surface area (Å²) in [6.07, 6.45) is -4.76. The third kappa shape index (κ3) is 4.66. The fourth-order valence-corrected chi connectivity index (χ4v) is 1.77. The molecule has 0 unspecified atom stereocenters. The topological polar surface area (TPSA) is 18.5 Å². The minimum absolute atomic E-state index is 0.106. The van der Waals surface area contributed by atoms with E-state index in [0.717, 1.165) is 17.7 Å². The minimum atomic E-state index is -4.76. The van der Waals surface area contributed by atoms with Gasteiger partial charge in [0.25, 0.3) is 0 Å². The Morgan fingerprint density at radius 2 is 1.60 bits per heavy atom. The number of ether oxygens (including phenoxy) is 2. The Kier molecular flexibility index (Phi) is 4.39. The summed E-state index contributed by atoms with van der Waals surface area (Å²) in [7, 11) is 0. The Labute approximate surface area is 118 Å². The lowest BCUT2D eigenvalue weighted by Gasteiger charge is -2.12. The maximum Gasteiger partial charge on any atom is 0.573 e. The molecule has 6 heteroatoms. The number of rotatable bonds is 4. The Balaban J connectivity index is 2.08. The second-order valence-electron chi connectivity index (χ2n) is 3.94. The van der Waals surface area contributed by atoms with Crippen molar-refractivity contribution in [3.8, 4) is 11.5 Å². The van der Waals surface area contributed by atoms with Crippen molar-refractivity contribution in [2.75, 3.05) is 0 Å². The minimum Gasteiger partial charge on any atom is -0.489 e. The number of benzene rings is 2. The lowest BCUT2D eigenvalue weighted by atomic mass is 10.2. The van der Waals surface area contributed by atoms with E-state index in [1.54, 1.807) is 0 Å². The van der Waals surface area contributed by atoms with Crippen LogP contribution in [0.15, 0.2) is 48.5 Å². The molecule has 2 rings (SSSR count). The molecule has 2 aromatic rings. The van der Waals surface area contributed by atoms with Crippen molar-refractivity contribution < 1.29 is 22.6 Å². The summed E-state index contributed by atoms with van der Waals surface area (Å²) in [5, 5.41) is 0.106. The first-order valence-electron chi connectivity index (χ1n) is 5.65. The zero-order chi connectivity index (χ0) is 14.6. The Morgan fingerprint density at radius 1 is 0.950 bits per heavy atom. The summed E-state index contributed by atoms with van der Waals surface area (Å²) in [4.78, 5) is 0. The average Bonchev–Trinajstić information content (AvgIpc) is 2.35. The van der Waals surface area contributed by atoms with Crippen LogP contribution in [0.5, 0.6) is 11.5 Å². The molecule has 0 bridgehead atoms. The van der Waals surface area contributed by atoms with Gasteiger partial charge in [-0.05, 0) is 17.7 Å². The number of hydrogen-bond acceptors (Lipinski definition) is 2. The fraction of sp³-hybridized carbons (Fsp3) is 0.143. The molecule has 0 N–H and O–H groups in total. The van der Waals surface area contributed by atoms with E-state index >= 15 is 0 Å². The lowest BCUT2D eigenvalue weighted by Crippen LogP contribution is -2.17. The van der Waals surface area contributed by atoms with Crippen molar-refractivity contribution in [1.82, 2.24) is 0 Å². The summed E-state index contributed by atoms with van der Waals surface area (Å²) < 4.78 is 45.7. The molecule has 0 saturated heterocycles. The van der Waals surface area contributed by atoms with E-state index < -0.39 is 12.1 Å². The molecule has 0 atom stereocenters. The predicted molar refractivity (Wildman–Crippen MR) is 68.9 cm³/mol. The van der Waals surface area contributed by atoms with Crippen molar-refractivity contribution in [2.24, 2.45) is 0 Å². The van der Waals surface area contributed by atoms with Gasteiger partial charge in [0.1, 0.15) is 18.1 Å². The molecule has 0 spiro atoms. The van der Waals surface area contributed by atoms with Gasteiger partial charge in [0.15, 0.2) is 0 Å². The molecule has 2 aromatic carbocycles. The van der Waals surface area contributed by atoms with E-state index in [-0.39, 0.29) is 17.4 Å². The van der Waals surface area contributed by atoms with Gasteiger partial charge in [-0.15, -0.1) is 13.2 Å². The summed E-state index contributed by atoms with van der Waals surface area (Å²) in [6, 6.07) is 12.9. The van der Waals surface area contributed by atoms with E-state index in [2.05, 4.69) is 4.74 Å². The highest BCUT2D eigenvalue weighted by atomic mass is 35.5. The van der Waals surface area contributed by atoms with Crippen LogP contribution in [0.2, 0.25) is 5.02 Å². The largest absolute Gasteiger partial charge is 0.573 e. The Hall–Kier alpha value is -1.88. The molecular formula is C14H10ClF3O2. The van der Waals surface area contributed by atoms with Gasteiger partial charge in [-0.1, -0.05) is 41.9 Å². The maximum atomic E-state index is 12.1. The molecule has 106 valence electrons. The molecule has 0 aliphatic carbocycles. The highest BCUT2D eigenvalue weighted by Gasteiger charge is 2.31. The number of halogens is 4. The Bertz CT molecular complexity index is 570. The van der Waals surface area contributed by atoms with Gasteiger partial charge < -0.3 is 9.47 Å². The number of alkyl halides is 3. The summed E-state index contributed by atoms with van der Waals surface area (Å²) in [6.45, 7) is 0.229. The van der Waals surface area contributed by atoms with Gasteiger partial charge >= 0.3 is 6.36 Å². The van der Waals surface area contributed by atoms with Crippen LogP contribution in [-0.2, 0) is 6.61 Å². The number of hydrogen-bond donors (Lipinski definition) is 0. The van der Waals surface area contributed by atoms with E-state index in [9.17, 15) is 13.2 Å². The summed E-state index contributed by atoms with van der Waals surface area (Å²) in [5.74, 6) is -0.200. The first-order valence-corrected chi connectivity index (χ1v) is 6.03. The molecule has 2 nitrogen and oxygen atoms in total. The highest BCUT2D eigenvalue weighted by Crippen LogP contribution is 2.30. The van der Waals surface area contributed by atoms with Gasteiger partial charge in [-0.3, -0.25) is 0 Å². The summed E-state index contributed by atoms with van der Waals surface area (Å²) >= 11 is 5.73. The van der Waals surface area contributed by atoms with Crippen LogP contribution < -0.4 is 9.47 Å². The van der Waals surface area contributed by atoms with E-state index in [4.69, 9.17) is 16.3 Å². The van der Waals surface area contributed by atoms with Gasteiger partial charge in [0.2, 0.25) is 0 Å². The van der Waals surface area contributed by atoms with Gasteiger partial charge in [0, 0.05) is 11.1 Å². The van der Waals surface area contributed by atoms with Gasteiger partial charge in [-0.25, -0.2) is 0 Å². The highest BCUT2D eigenvalue weighted by molar-refractivity contribution is 6.30. The molecule has 0 radical (unpaired) electrons. The monoisotopic (exact) mass is 302 g/mol. The molecule has 0 saturated carbocycles. The van der Waals surface area contributed by atoms with Crippen molar-refractivity contribution in [2.45, 2.75) is 13.0 Å². The van der Waals surface area contributed by atoms with E-state index in [1.807, 2.05) is 30.3 Å². The van der Waals surface area contributed by atoms with E-state index in [0.29, 0.717) is 0 Å². The summed E-state index contributed by atoms with van der Waals surface area (Å²) in [5.41, 5.74) is 0.894. The Morgan fingerprint density at radius 3 is 2.25 bits per heavy atom. The molecule has 0 amide bonds. The van der Waals surface area contributed by atoms with Crippen molar-refractivity contribution in [3.63, 3.8) is 0 Å². The van der Waals surface area contributed by atoms with Gasteiger partial charge in [-0.2, -0.15) is 0 Å². The zero-order valence-corrected chi connectivity index (χ0v) is 10.9. The van der Waals surface area contributed by atoms with E-state index in [1.165, 1.54) is 6.07 Å². The molecule has 0 aliphatic heterocycles. The van der Waals surface area contributed by atoms with Gasteiger partial charge in [0.05, 0.1) is 0 Å². The normalized spacial score (nSPS) is 11.2. The quantitative estimate of drug-likeness (QED) is 0.806. The third-order valence-electron chi connectivity index (χ3n) is 2.33. The maximum absolute atomic E-state index is 12.1. The van der Waals surface area contributed by atoms with Crippen LogP contribution in [0.4, 0.5) is 13.2 Å². The molecular weight excluding hydrogens is 293 g/mol. The first kappa shape index (κ1) is 14.5. The smallest absolute Gasteiger partial charge is 0.489 e.